The molecule has 0 bridgehead atoms. The molecule has 1 aliphatic heterocycles. The van der Waals surface area contributed by atoms with Crippen LogP contribution in [0.5, 0.6) is 0 Å². The number of piperidine rings is 1. The molecule has 1 heterocycles. The molecule has 2 aromatic carbocycles. The van der Waals surface area contributed by atoms with Gasteiger partial charge in [-0.1, -0.05) is 42.8 Å². The first-order valence-corrected chi connectivity index (χ1v) is 10.7. The van der Waals surface area contributed by atoms with Gasteiger partial charge in [0.15, 0.2) is 0 Å². The number of nitrogens with zero attached hydrogens (tertiary/aromatic N) is 1. The van der Waals surface area contributed by atoms with Crippen molar-refractivity contribution in [2.75, 3.05) is 25.4 Å². The fourth-order valence-corrected chi connectivity index (χ4v) is 4.60. The van der Waals surface area contributed by atoms with Crippen LogP contribution in [0.2, 0.25) is 0 Å². The molecule has 7 heteroatoms. The van der Waals surface area contributed by atoms with Gasteiger partial charge >= 0.3 is 0 Å². The van der Waals surface area contributed by atoms with E-state index in [-0.39, 0.29) is 17.9 Å². The van der Waals surface area contributed by atoms with Gasteiger partial charge in [0.25, 0.3) is 5.91 Å². The summed E-state index contributed by atoms with van der Waals surface area (Å²) >= 11 is 0. The summed E-state index contributed by atoms with van der Waals surface area (Å²) in [7, 11) is -3.40. The van der Waals surface area contributed by atoms with Gasteiger partial charge in [-0.15, -0.1) is 0 Å². The summed E-state index contributed by atoms with van der Waals surface area (Å²) in [5.41, 5.74) is 1.51. The molecule has 3 rings (SSSR count). The van der Waals surface area contributed by atoms with Crippen LogP contribution >= 0.6 is 0 Å². The summed E-state index contributed by atoms with van der Waals surface area (Å²) in [6, 6.07) is 13.7. The summed E-state index contributed by atoms with van der Waals surface area (Å²) in [6.45, 7) is 1.01. The normalized spacial score (nSPS) is 15.4. The van der Waals surface area contributed by atoms with E-state index < -0.39 is 21.7 Å². The van der Waals surface area contributed by atoms with Gasteiger partial charge in [0.05, 0.1) is 11.3 Å². The topological polar surface area (TPSA) is 66.5 Å². The van der Waals surface area contributed by atoms with E-state index >= 15 is 0 Å². The number of hydrogen-bond donors (Lipinski definition) is 1. The summed E-state index contributed by atoms with van der Waals surface area (Å²) in [6.07, 6.45) is 2.77. The lowest BCUT2D eigenvalue weighted by atomic mass is 10.0. The molecule has 1 amide bonds. The predicted molar refractivity (Wildman–Crippen MR) is 103 cm³/mol. The molecule has 5 nitrogen and oxygen atoms in total. The molecular formula is C20H23FN2O3S. The van der Waals surface area contributed by atoms with Gasteiger partial charge in [0, 0.05) is 19.6 Å². The third-order valence-electron chi connectivity index (χ3n) is 4.67. The average molecular weight is 390 g/mol. The smallest absolute Gasteiger partial charge is 0.254 e. The Bertz CT molecular complexity index is 895. The fourth-order valence-electron chi connectivity index (χ4n) is 3.17. The predicted octanol–water partition coefficient (Wildman–Crippen LogP) is 3.04. The van der Waals surface area contributed by atoms with E-state index in [4.69, 9.17) is 0 Å². The monoisotopic (exact) mass is 390 g/mol. The first-order chi connectivity index (χ1) is 13.0. The number of rotatable bonds is 6. The van der Waals surface area contributed by atoms with Crippen LogP contribution < -0.4 is 5.32 Å². The highest BCUT2D eigenvalue weighted by Gasteiger charge is 2.24. The van der Waals surface area contributed by atoms with Crippen molar-refractivity contribution >= 4 is 15.9 Å². The molecule has 0 saturated carbocycles. The summed E-state index contributed by atoms with van der Waals surface area (Å²) < 4.78 is 40.2. The first-order valence-electron chi connectivity index (χ1n) is 9.08. The van der Waals surface area contributed by atoms with Crippen molar-refractivity contribution in [1.82, 2.24) is 9.62 Å². The zero-order valence-corrected chi connectivity index (χ0v) is 15.8. The van der Waals surface area contributed by atoms with Crippen molar-refractivity contribution in [1.29, 1.82) is 0 Å². The van der Waals surface area contributed by atoms with E-state index in [2.05, 4.69) is 5.32 Å². The Labute approximate surface area is 159 Å². The number of carbonyl (C=O) groups is 1. The average Bonchev–Trinajstić information content (AvgIpc) is 2.69. The maximum Gasteiger partial charge on any atom is 0.254 e. The van der Waals surface area contributed by atoms with Gasteiger partial charge in [-0.05, 0) is 36.1 Å². The van der Waals surface area contributed by atoms with Crippen LogP contribution in [0, 0.1) is 5.82 Å². The number of sulfonamides is 1. The maximum absolute atomic E-state index is 14.1. The van der Waals surface area contributed by atoms with E-state index in [1.54, 1.807) is 6.07 Å². The number of nitrogens with one attached hydrogen (secondary N) is 1. The number of benzene rings is 2. The van der Waals surface area contributed by atoms with Crippen molar-refractivity contribution in [2.24, 2.45) is 0 Å². The van der Waals surface area contributed by atoms with Crippen LogP contribution in [0.25, 0.3) is 11.1 Å². The minimum absolute atomic E-state index is 0.0489. The second-order valence-electron chi connectivity index (χ2n) is 6.59. The third kappa shape index (κ3) is 4.93. The van der Waals surface area contributed by atoms with Gasteiger partial charge in [0.2, 0.25) is 10.0 Å². The molecule has 0 aromatic heterocycles. The largest absolute Gasteiger partial charge is 0.351 e. The second-order valence-corrected chi connectivity index (χ2v) is 8.68. The highest BCUT2D eigenvalue weighted by molar-refractivity contribution is 7.89. The number of amides is 1. The second kappa shape index (κ2) is 8.63. The minimum Gasteiger partial charge on any atom is -0.351 e. The number of hydrogen-bond acceptors (Lipinski definition) is 3. The highest BCUT2D eigenvalue weighted by Crippen LogP contribution is 2.22. The Balaban J connectivity index is 1.64. The van der Waals surface area contributed by atoms with Crippen LogP contribution in [-0.4, -0.2) is 44.0 Å². The summed E-state index contributed by atoms with van der Waals surface area (Å²) in [5, 5.41) is 2.53. The molecule has 0 aliphatic carbocycles. The van der Waals surface area contributed by atoms with Crippen molar-refractivity contribution in [3.63, 3.8) is 0 Å². The molecule has 0 unspecified atom stereocenters. The number of halogens is 1. The van der Waals surface area contributed by atoms with E-state index in [9.17, 15) is 17.6 Å². The molecule has 1 N–H and O–H groups in total. The van der Waals surface area contributed by atoms with Crippen molar-refractivity contribution < 1.29 is 17.6 Å². The maximum atomic E-state index is 14.1. The van der Waals surface area contributed by atoms with E-state index in [0.29, 0.717) is 13.1 Å². The molecule has 0 spiro atoms. The molecule has 1 saturated heterocycles. The van der Waals surface area contributed by atoms with Crippen molar-refractivity contribution in [2.45, 2.75) is 19.3 Å². The lowest BCUT2D eigenvalue weighted by molar-refractivity contribution is 0.0952. The van der Waals surface area contributed by atoms with Crippen molar-refractivity contribution in [3.8, 4) is 11.1 Å². The minimum atomic E-state index is -3.40. The van der Waals surface area contributed by atoms with Crippen molar-refractivity contribution in [3.05, 3.63) is 59.9 Å². The zero-order valence-electron chi connectivity index (χ0n) is 15.0. The van der Waals surface area contributed by atoms with Crippen LogP contribution in [0.15, 0.2) is 48.5 Å². The van der Waals surface area contributed by atoms with Crippen LogP contribution in [-0.2, 0) is 10.0 Å². The SMILES string of the molecule is O=C(NCCS(=O)(=O)N1CCCCC1)c1cc(-c2ccccc2)ccc1F. The van der Waals surface area contributed by atoms with E-state index in [1.165, 1.54) is 16.4 Å². The van der Waals surface area contributed by atoms with Gasteiger partial charge in [0.1, 0.15) is 5.82 Å². The Morgan fingerprint density at radius 3 is 2.41 bits per heavy atom. The molecule has 1 fully saturated rings. The zero-order chi connectivity index (χ0) is 19.3. The van der Waals surface area contributed by atoms with Crippen LogP contribution in [0.3, 0.4) is 0 Å². The van der Waals surface area contributed by atoms with Crippen LogP contribution in [0.1, 0.15) is 29.6 Å². The molecule has 144 valence electrons. The molecule has 0 radical (unpaired) electrons. The van der Waals surface area contributed by atoms with Gasteiger partial charge in [-0.25, -0.2) is 17.1 Å². The lowest BCUT2D eigenvalue weighted by Gasteiger charge is -2.25. The van der Waals surface area contributed by atoms with E-state index in [0.717, 1.165) is 30.4 Å². The Hall–Kier alpha value is -2.25. The summed E-state index contributed by atoms with van der Waals surface area (Å²) in [4.78, 5) is 12.4. The molecule has 1 aliphatic rings. The molecular weight excluding hydrogens is 367 g/mol. The molecule has 0 atom stereocenters. The Morgan fingerprint density at radius 1 is 1.00 bits per heavy atom. The fraction of sp³-hybridized carbons (Fsp3) is 0.350. The first kappa shape index (κ1) is 19.5. The highest BCUT2D eigenvalue weighted by atomic mass is 32.2. The molecule has 2 aromatic rings. The van der Waals surface area contributed by atoms with Gasteiger partial charge in [-0.3, -0.25) is 4.79 Å². The number of carbonyl (C=O) groups excluding carboxylic acids is 1. The summed E-state index contributed by atoms with van der Waals surface area (Å²) in [5.74, 6) is -1.43. The Morgan fingerprint density at radius 2 is 1.70 bits per heavy atom. The van der Waals surface area contributed by atoms with Gasteiger partial charge in [-0.2, -0.15) is 0 Å². The van der Waals surface area contributed by atoms with E-state index in [1.807, 2.05) is 30.3 Å². The Kier molecular flexibility index (Phi) is 6.23. The lowest BCUT2D eigenvalue weighted by Crippen LogP contribution is -2.40. The van der Waals surface area contributed by atoms with Crippen LogP contribution in [0.4, 0.5) is 4.39 Å². The van der Waals surface area contributed by atoms with Gasteiger partial charge < -0.3 is 5.32 Å². The third-order valence-corrected chi connectivity index (χ3v) is 6.54. The molecule has 27 heavy (non-hydrogen) atoms. The standard InChI is InChI=1S/C20H23FN2O3S/c21-19-10-9-17(16-7-3-1-4-8-16)15-18(19)20(24)22-11-14-27(25,26)23-12-5-2-6-13-23/h1,3-4,7-10,15H,2,5-6,11-14H2,(H,22,24). The quantitative estimate of drug-likeness (QED) is 0.824.